The topological polar surface area (TPSA) is 34.1 Å². The summed E-state index contributed by atoms with van der Waals surface area (Å²) < 4.78 is 2.86. The van der Waals surface area contributed by atoms with Crippen LogP contribution in [0.4, 0.5) is 0 Å². The number of hydrogen-bond acceptors (Lipinski definition) is 2. The molecule has 86 valence electrons. The molecule has 0 spiro atoms. The zero-order valence-electron chi connectivity index (χ0n) is 9.97. The Labute approximate surface area is 96.7 Å². The summed E-state index contributed by atoms with van der Waals surface area (Å²) in [6.45, 7) is 4.28. The van der Waals surface area contributed by atoms with E-state index in [-0.39, 0.29) is 0 Å². The van der Waals surface area contributed by atoms with Crippen LogP contribution in [0.3, 0.4) is 0 Å². The van der Waals surface area contributed by atoms with Crippen LogP contribution in [-0.2, 0) is 9.59 Å². The van der Waals surface area contributed by atoms with E-state index in [4.69, 9.17) is 0 Å². The Morgan fingerprint density at radius 1 is 0.933 bits per heavy atom. The normalized spacial score (nSPS) is 19.9. The second-order valence-corrected chi connectivity index (χ2v) is 16.8. The standard InChI is InChI=1S/C4H4O2.2C4H9.Sn/c5-3-1-2-4-6;2*1-3-4-2;/h1-2H2;2*1,3-4H2,2H3;. The Hall–Kier alpha value is 0.139. The SMILES string of the molecule is CCC[CH2][Sn]1([CH2]CCC)[C](=O)CC[C]1=O. The quantitative estimate of drug-likeness (QED) is 0.706. The van der Waals surface area contributed by atoms with Crippen LogP contribution >= 0.6 is 0 Å². The summed E-state index contributed by atoms with van der Waals surface area (Å²) in [5.74, 6) is 0. The summed E-state index contributed by atoms with van der Waals surface area (Å²) in [5.41, 5.74) is 0. The fourth-order valence-corrected chi connectivity index (χ4v) is 16.2. The maximum atomic E-state index is 12.0. The van der Waals surface area contributed by atoms with Crippen LogP contribution < -0.4 is 0 Å². The zero-order chi connectivity index (χ0) is 11.3. The molecule has 1 aliphatic heterocycles. The van der Waals surface area contributed by atoms with E-state index in [1.54, 1.807) is 0 Å². The summed E-state index contributed by atoms with van der Waals surface area (Å²) in [6.07, 6.45) is 5.59. The van der Waals surface area contributed by atoms with Crippen molar-refractivity contribution in [2.75, 3.05) is 0 Å². The van der Waals surface area contributed by atoms with Gasteiger partial charge in [-0.05, 0) is 0 Å². The van der Waals surface area contributed by atoms with E-state index in [0.717, 1.165) is 34.6 Å². The van der Waals surface area contributed by atoms with Crippen molar-refractivity contribution in [2.24, 2.45) is 0 Å². The molecule has 0 saturated carbocycles. The van der Waals surface area contributed by atoms with Gasteiger partial charge in [-0.25, -0.2) is 0 Å². The molecule has 15 heavy (non-hydrogen) atoms. The van der Waals surface area contributed by atoms with Gasteiger partial charge in [-0.15, -0.1) is 0 Å². The molecule has 3 heteroatoms. The second kappa shape index (κ2) is 6.02. The molecule has 1 aliphatic rings. The van der Waals surface area contributed by atoms with Crippen molar-refractivity contribution in [1.82, 2.24) is 0 Å². The Bertz CT molecular complexity index is 222. The Balaban J connectivity index is 2.74. The predicted octanol–water partition coefficient (Wildman–Crippen LogP) is 3.05. The van der Waals surface area contributed by atoms with Crippen LogP contribution in [0.15, 0.2) is 0 Å². The van der Waals surface area contributed by atoms with Crippen LogP contribution in [-0.4, -0.2) is 26.0 Å². The van der Waals surface area contributed by atoms with Gasteiger partial charge in [-0.1, -0.05) is 0 Å². The van der Waals surface area contributed by atoms with Crippen molar-refractivity contribution in [3.63, 3.8) is 0 Å². The van der Waals surface area contributed by atoms with E-state index < -0.39 is 18.4 Å². The van der Waals surface area contributed by atoms with E-state index in [9.17, 15) is 9.59 Å². The fraction of sp³-hybridized carbons (Fsp3) is 0.833. The van der Waals surface area contributed by atoms with Gasteiger partial charge in [-0.3, -0.25) is 0 Å². The maximum absolute atomic E-state index is 12.0. The Morgan fingerprint density at radius 2 is 1.33 bits per heavy atom. The van der Waals surface area contributed by atoms with Gasteiger partial charge in [-0.2, -0.15) is 0 Å². The van der Waals surface area contributed by atoms with Crippen molar-refractivity contribution >= 4 is 26.0 Å². The second-order valence-electron chi connectivity index (χ2n) is 4.64. The molecule has 0 unspecified atom stereocenters. The first-order valence-corrected chi connectivity index (χ1v) is 13.1. The average molecular weight is 317 g/mol. The van der Waals surface area contributed by atoms with Gasteiger partial charge < -0.3 is 0 Å². The van der Waals surface area contributed by atoms with Gasteiger partial charge in [0.05, 0.1) is 0 Å². The first kappa shape index (κ1) is 13.2. The summed E-state index contributed by atoms with van der Waals surface area (Å²) >= 11 is -2.98. The van der Waals surface area contributed by atoms with E-state index in [2.05, 4.69) is 13.8 Å². The number of unbranched alkanes of at least 4 members (excludes halogenated alkanes) is 2. The number of carbonyl (C=O) groups is 2. The van der Waals surface area contributed by atoms with Crippen molar-refractivity contribution < 1.29 is 9.59 Å². The van der Waals surface area contributed by atoms with Gasteiger partial charge in [0.15, 0.2) is 0 Å². The number of rotatable bonds is 6. The van der Waals surface area contributed by atoms with E-state index in [1.807, 2.05) is 0 Å². The minimum absolute atomic E-state index is 0.427. The predicted molar refractivity (Wildman–Crippen MR) is 64.4 cm³/mol. The van der Waals surface area contributed by atoms with Gasteiger partial charge in [0.1, 0.15) is 0 Å². The van der Waals surface area contributed by atoms with E-state index in [0.29, 0.717) is 20.4 Å². The van der Waals surface area contributed by atoms with Crippen LogP contribution in [0.1, 0.15) is 52.4 Å². The molecule has 1 heterocycles. The van der Waals surface area contributed by atoms with Crippen LogP contribution in [0.5, 0.6) is 0 Å². The van der Waals surface area contributed by atoms with Crippen molar-refractivity contribution in [3.8, 4) is 0 Å². The summed E-state index contributed by atoms with van der Waals surface area (Å²) in [6, 6.07) is 0. The third-order valence-corrected chi connectivity index (χ3v) is 18.0. The third kappa shape index (κ3) is 2.83. The minimum atomic E-state index is -2.98. The fourth-order valence-electron chi connectivity index (χ4n) is 2.50. The molecule has 0 bridgehead atoms. The molecule has 0 aliphatic carbocycles. The first-order chi connectivity index (χ1) is 7.17. The van der Waals surface area contributed by atoms with E-state index >= 15 is 0 Å². The first-order valence-electron chi connectivity index (χ1n) is 6.24. The molecule has 2 nitrogen and oxygen atoms in total. The van der Waals surface area contributed by atoms with Crippen LogP contribution in [0.25, 0.3) is 0 Å². The molecule has 0 amide bonds. The van der Waals surface area contributed by atoms with Crippen molar-refractivity contribution in [3.05, 3.63) is 0 Å². The van der Waals surface area contributed by atoms with Crippen molar-refractivity contribution in [2.45, 2.75) is 61.2 Å². The van der Waals surface area contributed by atoms with Gasteiger partial charge in [0.25, 0.3) is 0 Å². The molecule has 0 aromatic carbocycles. The summed E-state index contributed by atoms with van der Waals surface area (Å²) in [4.78, 5) is 24.0. The molecule has 0 aromatic heterocycles. The number of carbonyl (C=O) groups excluding carboxylic acids is 2. The Morgan fingerprint density at radius 3 is 1.67 bits per heavy atom. The van der Waals surface area contributed by atoms with Crippen molar-refractivity contribution in [1.29, 1.82) is 0 Å². The van der Waals surface area contributed by atoms with Gasteiger partial charge >= 0.3 is 96.8 Å². The molecule has 0 N–H and O–H groups in total. The molecule has 1 rings (SSSR count). The molecular weight excluding hydrogens is 295 g/mol. The van der Waals surface area contributed by atoms with E-state index in [1.165, 1.54) is 0 Å². The molecule has 0 aromatic rings. The van der Waals surface area contributed by atoms with Crippen LogP contribution in [0, 0.1) is 0 Å². The monoisotopic (exact) mass is 318 g/mol. The Kier molecular flexibility index (Phi) is 5.30. The zero-order valence-corrected chi connectivity index (χ0v) is 12.8. The number of hydrogen-bond donors (Lipinski definition) is 0. The average Bonchev–Trinajstić information content (AvgIpc) is 2.51. The third-order valence-electron chi connectivity index (χ3n) is 3.56. The summed E-state index contributed by atoms with van der Waals surface area (Å²) in [5, 5.41) is 0. The van der Waals surface area contributed by atoms with Crippen LogP contribution in [0.2, 0.25) is 8.87 Å². The molecular formula is C12H22O2Sn. The molecule has 1 saturated heterocycles. The van der Waals surface area contributed by atoms with Gasteiger partial charge in [0.2, 0.25) is 0 Å². The molecule has 0 atom stereocenters. The van der Waals surface area contributed by atoms with Gasteiger partial charge in [0, 0.05) is 0 Å². The molecule has 0 radical (unpaired) electrons. The summed E-state index contributed by atoms with van der Waals surface area (Å²) in [7, 11) is 0. The molecule has 1 fully saturated rings.